The van der Waals surface area contributed by atoms with Crippen molar-refractivity contribution in [3.05, 3.63) is 95.1 Å². The predicted molar refractivity (Wildman–Crippen MR) is 155 cm³/mol. The molecule has 41 heavy (non-hydrogen) atoms. The molecule has 3 aromatic carbocycles. The second-order valence-electron chi connectivity index (χ2n) is 9.87. The number of nitrogens with zero attached hydrogens (tertiary/aromatic N) is 2. The maximum Gasteiger partial charge on any atom is 0.321 e. The summed E-state index contributed by atoms with van der Waals surface area (Å²) in [6.45, 7) is 0.487. The molecule has 0 saturated heterocycles. The van der Waals surface area contributed by atoms with Crippen molar-refractivity contribution in [3.8, 4) is 17.6 Å². The van der Waals surface area contributed by atoms with Crippen molar-refractivity contribution in [1.82, 2.24) is 9.80 Å². The first-order chi connectivity index (χ1) is 19.6. The summed E-state index contributed by atoms with van der Waals surface area (Å²) in [6.07, 6.45) is -2.44. The number of aliphatic hydroxyl groups excluding tert-OH is 2. The molecule has 0 aliphatic heterocycles. The number of ether oxygens (including phenoxy) is 1. The molecule has 2 amide bonds. The fourth-order valence-electron chi connectivity index (χ4n) is 4.18. The van der Waals surface area contributed by atoms with Crippen LogP contribution in [-0.2, 0) is 0 Å². The average Bonchev–Trinajstić information content (AvgIpc) is 2.97. The lowest BCUT2D eigenvalue weighted by Crippen LogP contribution is -2.48. The topological polar surface area (TPSA) is 111 Å². The summed E-state index contributed by atoms with van der Waals surface area (Å²) in [7, 11) is 5.37. The van der Waals surface area contributed by atoms with Crippen LogP contribution in [0.1, 0.15) is 22.6 Å². The third-order valence-electron chi connectivity index (χ3n) is 6.42. The van der Waals surface area contributed by atoms with E-state index in [1.807, 2.05) is 31.1 Å². The molecule has 3 atom stereocenters. The van der Waals surface area contributed by atoms with Crippen molar-refractivity contribution in [3.63, 3.8) is 0 Å². The lowest BCUT2D eigenvalue weighted by atomic mass is 9.96. The van der Waals surface area contributed by atoms with Crippen LogP contribution in [0.2, 0.25) is 0 Å². The maximum absolute atomic E-state index is 14.0. The molecule has 0 saturated carbocycles. The van der Waals surface area contributed by atoms with Gasteiger partial charge in [-0.3, -0.25) is 0 Å². The van der Waals surface area contributed by atoms with Gasteiger partial charge < -0.3 is 35.8 Å². The van der Waals surface area contributed by atoms with Crippen LogP contribution in [0, 0.1) is 23.5 Å². The number of benzene rings is 3. The number of halogens is 2. The number of anilines is 1. The number of hydrogen-bond donors (Lipinski definition) is 4. The van der Waals surface area contributed by atoms with Crippen molar-refractivity contribution in [2.75, 3.05) is 52.7 Å². The SMILES string of the molecule is COc1ccc(NC(=O)N(CC(O)[C@@H](O)CN)C[C@H](CN(C)C)c2ccc(C#Cc3cccc(F)c3F)cc2)cc1. The van der Waals surface area contributed by atoms with Crippen molar-refractivity contribution in [2.45, 2.75) is 18.1 Å². The predicted octanol–water partition coefficient (Wildman–Crippen LogP) is 3.23. The highest BCUT2D eigenvalue weighted by Gasteiger charge is 2.26. The normalized spacial score (nSPS) is 13.1. The molecule has 0 radical (unpaired) electrons. The standard InChI is InChI=1S/C31H36F2N4O4/c1-36(2)18-24(22-10-7-21(8-11-22)9-12-23-5-4-6-27(32)30(23)33)19-37(20-29(39)28(38)17-34)31(40)35-25-13-15-26(41-3)16-14-25/h4-8,10-11,13-16,24,28-29,38-39H,17-20,34H2,1-3H3,(H,35,40)/t24-,28-,29?/m0/s1. The van der Waals surface area contributed by atoms with E-state index in [0.29, 0.717) is 23.5 Å². The smallest absolute Gasteiger partial charge is 0.321 e. The van der Waals surface area contributed by atoms with Crippen LogP contribution in [0.5, 0.6) is 5.75 Å². The van der Waals surface area contributed by atoms with Gasteiger partial charge in [0.15, 0.2) is 11.6 Å². The Morgan fingerprint density at radius 2 is 1.63 bits per heavy atom. The van der Waals surface area contributed by atoms with E-state index < -0.39 is 29.9 Å². The highest BCUT2D eigenvalue weighted by atomic mass is 19.2. The minimum atomic E-state index is -1.25. The summed E-state index contributed by atoms with van der Waals surface area (Å²) in [6, 6.07) is 17.5. The van der Waals surface area contributed by atoms with Crippen molar-refractivity contribution >= 4 is 11.7 Å². The van der Waals surface area contributed by atoms with E-state index >= 15 is 0 Å². The number of amides is 2. The summed E-state index contributed by atoms with van der Waals surface area (Å²) in [5.74, 6) is 4.03. The molecule has 0 aliphatic rings. The lowest BCUT2D eigenvalue weighted by molar-refractivity contribution is 0.00922. The second kappa shape index (κ2) is 15.1. The minimum absolute atomic E-state index is 0.0312. The molecule has 10 heteroatoms. The molecule has 0 fully saturated rings. The van der Waals surface area contributed by atoms with E-state index in [0.717, 1.165) is 11.6 Å². The molecule has 3 rings (SSSR count). The fraction of sp³-hybridized carbons (Fsp3) is 0.323. The van der Waals surface area contributed by atoms with Gasteiger partial charge in [-0.15, -0.1) is 0 Å². The monoisotopic (exact) mass is 566 g/mol. The Balaban J connectivity index is 1.84. The Morgan fingerprint density at radius 1 is 0.951 bits per heavy atom. The first kappa shape index (κ1) is 31.5. The fourth-order valence-corrected chi connectivity index (χ4v) is 4.18. The lowest BCUT2D eigenvalue weighted by Gasteiger charge is -2.32. The number of urea groups is 1. The third-order valence-corrected chi connectivity index (χ3v) is 6.42. The van der Waals surface area contributed by atoms with Crippen molar-refractivity contribution in [1.29, 1.82) is 0 Å². The van der Waals surface area contributed by atoms with Crippen LogP contribution < -0.4 is 15.8 Å². The molecule has 1 unspecified atom stereocenters. The second-order valence-corrected chi connectivity index (χ2v) is 9.87. The number of hydrogen-bond acceptors (Lipinski definition) is 6. The Hall–Kier alpha value is -4.01. The Labute approximate surface area is 239 Å². The Bertz CT molecular complexity index is 1340. The maximum atomic E-state index is 14.0. The highest BCUT2D eigenvalue weighted by Crippen LogP contribution is 2.21. The van der Waals surface area contributed by atoms with E-state index in [1.165, 1.54) is 17.0 Å². The molecule has 0 aromatic heterocycles. The van der Waals surface area contributed by atoms with Gasteiger partial charge in [0.25, 0.3) is 0 Å². The van der Waals surface area contributed by atoms with E-state index in [-0.39, 0.29) is 31.1 Å². The average molecular weight is 567 g/mol. The zero-order valence-electron chi connectivity index (χ0n) is 23.3. The number of nitrogens with one attached hydrogen (secondary N) is 1. The molecule has 5 N–H and O–H groups in total. The van der Waals surface area contributed by atoms with Gasteiger partial charge in [0.2, 0.25) is 0 Å². The molecule has 218 valence electrons. The summed E-state index contributed by atoms with van der Waals surface area (Å²) >= 11 is 0. The zero-order chi connectivity index (χ0) is 29.9. The van der Waals surface area contributed by atoms with Crippen LogP contribution in [-0.4, -0.2) is 85.6 Å². The third kappa shape index (κ3) is 9.27. The number of likely N-dealkylation sites (N-methyl/N-ethyl adjacent to an activating group) is 1. The molecule has 0 bridgehead atoms. The quantitative estimate of drug-likeness (QED) is 0.265. The first-order valence-electron chi connectivity index (χ1n) is 13.1. The van der Waals surface area contributed by atoms with Crippen LogP contribution in [0.3, 0.4) is 0 Å². The number of carbonyl (C=O) groups is 1. The van der Waals surface area contributed by atoms with Gasteiger partial charge in [0, 0.05) is 36.8 Å². The summed E-state index contributed by atoms with van der Waals surface area (Å²) in [5, 5.41) is 23.4. The number of aliphatic hydroxyl groups is 2. The van der Waals surface area contributed by atoms with E-state index in [2.05, 4.69) is 17.2 Å². The van der Waals surface area contributed by atoms with E-state index in [1.54, 1.807) is 43.5 Å². The minimum Gasteiger partial charge on any atom is -0.497 e. The van der Waals surface area contributed by atoms with Crippen LogP contribution in [0.15, 0.2) is 66.7 Å². The molecule has 0 spiro atoms. The molecule has 0 heterocycles. The first-order valence-corrected chi connectivity index (χ1v) is 13.1. The molecular formula is C31H36F2N4O4. The molecular weight excluding hydrogens is 530 g/mol. The zero-order valence-corrected chi connectivity index (χ0v) is 23.3. The van der Waals surface area contributed by atoms with E-state index in [4.69, 9.17) is 10.5 Å². The van der Waals surface area contributed by atoms with Gasteiger partial charge in [0.1, 0.15) is 5.75 Å². The van der Waals surface area contributed by atoms with Gasteiger partial charge in [-0.2, -0.15) is 0 Å². The Morgan fingerprint density at radius 3 is 2.24 bits per heavy atom. The number of rotatable bonds is 11. The van der Waals surface area contributed by atoms with E-state index in [9.17, 15) is 23.8 Å². The Kier molecular flexibility index (Phi) is 11.6. The largest absolute Gasteiger partial charge is 0.497 e. The highest BCUT2D eigenvalue weighted by molar-refractivity contribution is 5.89. The number of methoxy groups -OCH3 is 1. The summed E-state index contributed by atoms with van der Waals surface area (Å²) in [4.78, 5) is 16.8. The summed E-state index contributed by atoms with van der Waals surface area (Å²) in [5.41, 5.74) is 7.54. The molecule has 0 aliphatic carbocycles. The van der Waals surface area contributed by atoms with Crippen LogP contribution >= 0.6 is 0 Å². The van der Waals surface area contributed by atoms with Gasteiger partial charge >= 0.3 is 6.03 Å². The number of nitrogens with two attached hydrogens (primary N) is 1. The van der Waals surface area contributed by atoms with Crippen LogP contribution in [0.25, 0.3) is 0 Å². The van der Waals surface area contributed by atoms with Gasteiger partial charge in [-0.25, -0.2) is 13.6 Å². The molecule has 8 nitrogen and oxygen atoms in total. The van der Waals surface area contributed by atoms with Gasteiger partial charge in [0.05, 0.1) is 31.4 Å². The summed E-state index contributed by atoms with van der Waals surface area (Å²) < 4.78 is 32.6. The van der Waals surface area contributed by atoms with Crippen LogP contribution in [0.4, 0.5) is 19.3 Å². The molecule has 3 aromatic rings. The van der Waals surface area contributed by atoms with Gasteiger partial charge in [-0.05, 0) is 68.2 Å². The van der Waals surface area contributed by atoms with Crippen molar-refractivity contribution < 1.29 is 28.5 Å². The van der Waals surface area contributed by atoms with Gasteiger partial charge in [-0.1, -0.05) is 30.0 Å². The number of carbonyl (C=O) groups excluding carboxylic acids is 1. The van der Waals surface area contributed by atoms with Crippen molar-refractivity contribution in [2.24, 2.45) is 5.73 Å².